The third-order valence-corrected chi connectivity index (χ3v) is 6.27. The number of ketones is 1. The van der Waals surface area contributed by atoms with Gasteiger partial charge in [0.15, 0.2) is 11.5 Å². The summed E-state index contributed by atoms with van der Waals surface area (Å²) in [6, 6.07) is 9.40. The van der Waals surface area contributed by atoms with Gasteiger partial charge in [0, 0.05) is 23.7 Å². The fourth-order valence-electron chi connectivity index (χ4n) is 4.66. The smallest absolute Gasteiger partial charge is 0.295 e. The second-order valence-electron chi connectivity index (χ2n) is 8.06. The van der Waals surface area contributed by atoms with Gasteiger partial charge in [0.05, 0.1) is 30.8 Å². The van der Waals surface area contributed by atoms with E-state index in [1.54, 1.807) is 23.1 Å². The summed E-state index contributed by atoms with van der Waals surface area (Å²) in [4.78, 5) is 38.3. The number of carbonyl (C=O) groups is 2. The number of aliphatic hydroxyl groups is 1. The number of benzene rings is 2. The largest absolute Gasteiger partial charge is 0.507 e. The molecule has 4 rings (SSSR count). The maximum atomic E-state index is 13.2. The fourth-order valence-corrected chi connectivity index (χ4v) is 4.66. The molecule has 1 aliphatic heterocycles. The van der Waals surface area contributed by atoms with Crippen LogP contribution in [0.3, 0.4) is 0 Å². The van der Waals surface area contributed by atoms with E-state index in [2.05, 4.69) is 0 Å². The molecular formula is C24H24N2O7. The first-order valence-electron chi connectivity index (χ1n) is 10.6. The number of likely N-dealkylation sites (tertiary alicyclic amines) is 1. The number of methoxy groups -OCH3 is 2. The molecule has 1 N–H and O–H groups in total. The van der Waals surface area contributed by atoms with E-state index >= 15 is 0 Å². The molecule has 1 saturated carbocycles. The van der Waals surface area contributed by atoms with E-state index in [1.807, 2.05) is 0 Å². The van der Waals surface area contributed by atoms with Crippen LogP contribution in [-0.4, -0.2) is 46.9 Å². The maximum Gasteiger partial charge on any atom is 0.295 e. The van der Waals surface area contributed by atoms with Crippen molar-refractivity contribution in [3.8, 4) is 11.5 Å². The normalized spacial score (nSPS) is 20.3. The van der Waals surface area contributed by atoms with Gasteiger partial charge in [0.1, 0.15) is 5.76 Å². The van der Waals surface area contributed by atoms with Crippen LogP contribution in [0.5, 0.6) is 11.5 Å². The molecule has 2 fully saturated rings. The first-order chi connectivity index (χ1) is 15.9. The summed E-state index contributed by atoms with van der Waals surface area (Å²) >= 11 is 0. The van der Waals surface area contributed by atoms with Crippen LogP contribution < -0.4 is 9.47 Å². The van der Waals surface area contributed by atoms with Crippen molar-refractivity contribution in [1.29, 1.82) is 0 Å². The zero-order chi connectivity index (χ0) is 23.7. The van der Waals surface area contributed by atoms with Crippen LogP contribution in [0.2, 0.25) is 0 Å². The van der Waals surface area contributed by atoms with Gasteiger partial charge in [-0.1, -0.05) is 18.9 Å². The molecule has 1 amide bonds. The molecule has 9 nitrogen and oxygen atoms in total. The molecule has 1 saturated heterocycles. The van der Waals surface area contributed by atoms with Crippen molar-refractivity contribution in [3.63, 3.8) is 0 Å². The lowest BCUT2D eigenvalue weighted by Gasteiger charge is -2.31. The average Bonchev–Trinajstić information content (AvgIpc) is 3.45. The number of rotatable bonds is 6. The van der Waals surface area contributed by atoms with Crippen molar-refractivity contribution in [1.82, 2.24) is 4.90 Å². The molecule has 1 atom stereocenters. The second-order valence-corrected chi connectivity index (χ2v) is 8.06. The number of nitro benzene ring substituents is 1. The Kier molecular flexibility index (Phi) is 6.04. The number of nitrogens with zero attached hydrogens (tertiary/aromatic N) is 2. The zero-order valence-corrected chi connectivity index (χ0v) is 18.3. The van der Waals surface area contributed by atoms with Gasteiger partial charge in [-0.25, -0.2) is 0 Å². The lowest BCUT2D eigenvalue weighted by Crippen LogP contribution is -2.37. The minimum absolute atomic E-state index is 0.0482. The van der Waals surface area contributed by atoms with Crippen LogP contribution in [0.1, 0.15) is 42.9 Å². The highest BCUT2D eigenvalue weighted by Crippen LogP contribution is 2.45. The van der Waals surface area contributed by atoms with Crippen molar-refractivity contribution in [2.24, 2.45) is 0 Å². The fraction of sp³-hybridized carbons (Fsp3) is 0.333. The predicted molar refractivity (Wildman–Crippen MR) is 119 cm³/mol. The number of hydrogen-bond donors (Lipinski definition) is 1. The number of Topliss-reactive ketones (excluding diaryl/α,β-unsaturated/α-hetero) is 1. The van der Waals surface area contributed by atoms with Gasteiger partial charge in [-0.05, 0) is 42.7 Å². The Morgan fingerprint density at radius 3 is 2.24 bits per heavy atom. The van der Waals surface area contributed by atoms with Crippen molar-refractivity contribution >= 4 is 23.1 Å². The summed E-state index contributed by atoms with van der Waals surface area (Å²) < 4.78 is 10.7. The van der Waals surface area contributed by atoms with E-state index in [-0.39, 0.29) is 28.6 Å². The quantitative estimate of drug-likeness (QED) is 0.231. The van der Waals surface area contributed by atoms with Crippen LogP contribution in [0.15, 0.2) is 48.0 Å². The number of ether oxygens (including phenoxy) is 2. The van der Waals surface area contributed by atoms with Crippen LogP contribution in [-0.2, 0) is 9.59 Å². The Balaban J connectivity index is 1.88. The Labute approximate surface area is 190 Å². The first kappa shape index (κ1) is 22.3. The molecule has 9 heteroatoms. The minimum atomic E-state index is -0.817. The molecule has 0 spiro atoms. The molecule has 33 heavy (non-hydrogen) atoms. The summed E-state index contributed by atoms with van der Waals surface area (Å²) in [6.07, 6.45) is 3.45. The van der Waals surface area contributed by atoms with Gasteiger partial charge in [-0.2, -0.15) is 0 Å². The van der Waals surface area contributed by atoms with E-state index in [1.165, 1.54) is 38.5 Å². The van der Waals surface area contributed by atoms with Gasteiger partial charge in [0.2, 0.25) is 0 Å². The highest BCUT2D eigenvalue weighted by atomic mass is 16.6. The van der Waals surface area contributed by atoms with Crippen LogP contribution in [0.4, 0.5) is 5.69 Å². The number of amides is 1. The van der Waals surface area contributed by atoms with Gasteiger partial charge >= 0.3 is 0 Å². The maximum absolute atomic E-state index is 13.2. The van der Waals surface area contributed by atoms with Crippen molar-refractivity contribution < 1.29 is 29.1 Å². The first-order valence-corrected chi connectivity index (χ1v) is 10.6. The molecule has 2 aromatic rings. The monoisotopic (exact) mass is 452 g/mol. The van der Waals surface area contributed by atoms with Crippen molar-refractivity contribution in [3.05, 3.63) is 69.3 Å². The number of aliphatic hydroxyl groups excluding tert-OH is 1. The molecule has 1 unspecified atom stereocenters. The Bertz CT molecular complexity index is 1130. The van der Waals surface area contributed by atoms with E-state index < -0.39 is 22.7 Å². The SMILES string of the molecule is COc1ccc(C2/C(=C(/O)c3ccc([N+](=O)[O-])cc3)C(=O)C(=O)N2C2CCCC2)cc1OC. The standard InChI is InChI=1S/C24H24N2O7/c1-32-18-12-9-15(13-19(18)33-2)21-20(22(27)14-7-10-17(11-8-14)26(30)31)23(28)24(29)25(21)16-5-3-4-6-16/h7-13,16,21,27H,3-6H2,1-2H3/b22-20-. The molecule has 1 heterocycles. The average molecular weight is 452 g/mol. The Morgan fingerprint density at radius 1 is 1.03 bits per heavy atom. The summed E-state index contributed by atoms with van der Waals surface area (Å²) in [6.45, 7) is 0. The minimum Gasteiger partial charge on any atom is -0.507 e. The summed E-state index contributed by atoms with van der Waals surface area (Å²) in [5, 5.41) is 22.1. The van der Waals surface area contributed by atoms with Crippen LogP contribution >= 0.6 is 0 Å². The second kappa shape index (κ2) is 8.93. The Morgan fingerprint density at radius 2 is 1.67 bits per heavy atom. The number of non-ortho nitro benzene ring substituents is 1. The molecule has 0 bridgehead atoms. The van der Waals surface area contributed by atoms with E-state index in [0.717, 1.165) is 25.7 Å². The third kappa shape index (κ3) is 3.90. The topological polar surface area (TPSA) is 119 Å². The number of carbonyl (C=O) groups excluding carboxylic acids is 2. The van der Waals surface area contributed by atoms with Crippen molar-refractivity contribution in [2.75, 3.05) is 14.2 Å². The molecule has 0 aromatic heterocycles. The molecular weight excluding hydrogens is 428 g/mol. The summed E-state index contributed by atoms with van der Waals surface area (Å²) in [5.41, 5.74) is 0.625. The predicted octanol–water partition coefficient (Wildman–Crippen LogP) is 3.98. The number of hydrogen-bond acceptors (Lipinski definition) is 7. The zero-order valence-electron chi connectivity index (χ0n) is 18.3. The number of nitro groups is 1. The lowest BCUT2D eigenvalue weighted by molar-refractivity contribution is -0.384. The van der Waals surface area contributed by atoms with Crippen molar-refractivity contribution in [2.45, 2.75) is 37.8 Å². The summed E-state index contributed by atoms with van der Waals surface area (Å²) in [7, 11) is 3.00. The highest BCUT2D eigenvalue weighted by Gasteiger charge is 2.49. The van der Waals surface area contributed by atoms with Gasteiger partial charge < -0.3 is 19.5 Å². The highest BCUT2D eigenvalue weighted by molar-refractivity contribution is 6.46. The molecule has 2 aliphatic rings. The van der Waals surface area contributed by atoms with E-state index in [4.69, 9.17) is 9.47 Å². The van der Waals surface area contributed by atoms with Crippen LogP contribution in [0, 0.1) is 10.1 Å². The van der Waals surface area contributed by atoms with E-state index in [0.29, 0.717) is 17.1 Å². The molecule has 0 radical (unpaired) electrons. The van der Waals surface area contributed by atoms with Gasteiger partial charge in [0.25, 0.3) is 17.4 Å². The van der Waals surface area contributed by atoms with Gasteiger partial charge in [-0.15, -0.1) is 0 Å². The Hall–Kier alpha value is -3.88. The molecule has 2 aromatic carbocycles. The third-order valence-electron chi connectivity index (χ3n) is 6.27. The molecule has 1 aliphatic carbocycles. The van der Waals surface area contributed by atoms with E-state index in [9.17, 15) is 24.8 Å². The molecule has 172 valence electrons. The van der Waals surface area contributed by atoms with Crippen LogP contribution in [0.25, 0.3) is 5.76 Å². The van der Waals surface area contributed by atoms with Gasteiger partial charge in [-0.3, -0.25) is 19.7 Å². The summed E-state index contributed by atoms with van der Waals surface area (Å²) in [5.74, 6) is -0.886. The lowest BCUT2D eigenvalue weighted by atomic mass is 9.94.